The highest BCUT2D eigenvalue weighted by Gasteiger charge is 2.17. The number of carbonyl (C=O) groups excluding carboxylic acids is 1. The third-order valence-corrected chi connectivity index (χ3v) is 3.72. The van der Waals surface area contributed by atoms with Crippen LogP contribution in [-0.4, -0.2) is 20.4 Å². The van der Waals surface area contributed by atoms with E-state index < -0.39 is 0 Å². The molecule has 0 bridgehead atoms. The summed E-state index contributed by atoms with van der Waals surface area (Å²) in [4.78, 5) is 16.0. The summed E-state index contributed by atoms with van der Waals surface area (Å²) in [7, 11) is 0. The van der Waals surface area contributed by atoms with E-state index >= 15 is 0 Å². The number of rotatable bonds is 2. The summed E-state index contributed by atoms with van der Waals surface area (Å²) >= 11 is 0. The van der Waals surface area contributed by atoms with Crippen LogP contribution in [0.5, 0.6) is 0 Å². The fourth-order valence-corrected chi connectivity index (χ4v) is 2.71. The Bertz CT molecular complexity index is 949. The van der Waals surface area contributed by atoms with Gasteiger partial charge in [-0.1, -0.05) is 48.6 Å². The van der Waals surface area contributed by atoms with E-state index in [-0.39, 0.29) is 11.6 Å². The van der Waals surface area contributed by atoms with Gasteiger partial charge in [0, 0.05) is 24.2 Å². The second kappa shape index (κ2) is 4.77. The van der Waals surface area contributed by atoms with Crippen molar-refractivity contribution in [1.82, 2.24) is 14.6 Å². The first-order chi connectivity index (χ1) is 10.7. The van der Waals surface area contributed by atoms with Crippen LogP contribution in [0.2, 0.25) is 0 Å². The van der Waals surface area contributed by atoms with Crippen molar-refractivity contribution in [3.63, 3.8) is 0 Å². The molecule has 3 aromatic rings. The first kappa shape index (κ1) is 12.7. The van der Waals surface area contributed by atoms with E-state index in [9.17, 15) is 4.79 Å². The molecular weight excluding hydrogens is 274 g/mol. The van der Waals surface area contributed by atoms with E-state index in [0.717, 1.165) is 27.9 Å². The van der Waals surface area contributed by atoms with Crippen LogP contribution in [0.1, 0.15) is 28.8 Å². The van der Waals surface area contributed by atoms with Gasteiger partial charge in [-0.05, 0) is 11.6 Å². The molecule has 1 aromatic carbocycles. The maximum Gasteiger partial charge on any atom is 0.216 e. The average Bonchev–Trinajstić information content (AvgIpc) is 2.76. The number of carbonyl (C=O) groups is 1. The van der Waals surface area contributed by atoms with Crippen LogP contribution in [0, 0.1) is 0 Å². The van der Waals surface area contributed by atoms with Crippen molar-refractivity contribution in [1.29, 1.82) is 0 Å². The van der Waals surface area contributed by atoms with Crippen molar-refractivity contribution in [2.75, 3.05) is 0 Å². The van der Waals surface area contributed by atoms with Crippen molar-refractivity contribution in [2.24, 2.45) is 0 Å². The minimum absolute atomic E-state index is 0.139. The lowest BCUT2D eigenvalue weighted by Gasteiger charge is -2.02. The number of Topliss-reactive ketones (excluding diaryl/α,β-unsaturated/α-hetero) is 1. The van der Waals surface area contributed by atoms with Gasteiger partial charge in [0.2, 0.25) is 5.82 Å². The first-order valence-corrected chi connectivity index (χ1v) is 7.08. The molecule has 1 aliphatic carbocycles. The number of hydrogen-bond donors (Lipinski definition) is 0. The van der Waals surface area contributed by atoms with Crippen molar-refractivity contribution in [2.45, 2.75) is 6.92 Å². The third kappa shape index (κ3) is 1.89. The SMILES string of the molecule is CC(=O)c1nc2c3c(c(-c4ccccc4)cn3n1)C=CC=C2. The highest BCUT2D eigenvalue weighted by atomic mass is 16.1. The molecule has 106 valence electrons. The van der Waals surface area contributed by atoms with Gasteiger partial charge in [0.15, 0.2) is 5.78 Å². The first-order valence-electron chi connectivity index (χ1n) is 7.08. The van der Waals surface area contributed by atoms with Crippen LogP contribution in [0.25, 0.3) is 28.8 Å². The molecular formula is C18H13N3O. The van der Waals surface area contributed by atoms with E-state index in [1.807, 2.05) is 42.6 Å². The molecule has 0 saturated carbocycles. The predicted molar refractivity (Wildman–Crippen MR) is 86.5 cm³/mol. The zero-order valence-electron chi connectivity index (χ0n) is 12.0. The third-order valence-electron chi connectivity index (χ3n) is 3.72. The summed E-state index contributed by atoms with van der Waals surface area (Å²) in [5.41, 5.74) is 4.96. The molecule has 0 fully saturated rings. The Labute approximate surface area is 127 Å². The van der Waals surface area contributed by atoms with Crippen LogP contribution >= 0.6 is 0 Å². The van der Waals surface area contributed by atoms with Crippen LogP contribution in [-0.2, 0) is 0 Å². The highest BCUT2D eigenvalue weighted by Crippen LogP contribution is 2.32. The summed E-state index contributed by atoms with van der Waals surface area (Å²) in [6.07, 6.45) is 9.84. The minimum Gasteiger partial charge on any atom is -0.291 e. The standard InChI is InChI=1S/C18H13N3O/c1-12(22)18-19-16-10-6-5-9-14-15(11-21(20-18)17(14)16)13-7-3-2-4-8-13/h2-11H,1H3. The van der Waals surface area contributed by atoms with E-state index in [4.69, 9.17) is 0 Å². The molecule has 0 amide bonds. The second-order valence-electron chi connectivity index (χ2n) is 5.21. The predicted octanol–water partition coefficient (Wildman–Crippen LogP) is 3.64. The highest BCUT2D eigenvalue weighted by molar-refractivity contribution is 5.94. The molecule has 1 aliphatic rings. The van der Waals surface area contributed by atoms with Crippen LogP contribution < -0.4 is 0 Å². The monoisotopic (exact) mass is 287 g/mol. The zero-order chi connectivity index (χ0) is 15.1. The van der Waals surface area contributed by atoms with Gasteiger partial charge in [0.1, 0.15) is 0 Å². The van der Waals surface area contributed by atoms with E-state index in [0.29, 0.717) is 0 Å². The van der Waals surface area contributed by atoms with Crippen molar-refractivity contribution >= 4 is 23.5 Å². The Morgan fingerprint density at radius 1 is 1.09 bits per heavy atom. The van der Waals surface area contributed by atoms with Gasteiger partial charge >= 0.3 is 0 Å². The number of nitrogens with zero attached hydrogens (tertiary/aromatic N) is 3. The Morgan fingerprint density at radius 3 is 2.64 bits per heavy atom. The minimum atomic E-state index is -0.139. The Kier molecular flexibility index (Phi) is 2.76. The Morgan fingerprint density at radius 2 is 1.86 bits per heavy atom. The number of hydrogen-bond acceptors (Lipinski definition) is 3. The van der Waals surface area contributed by atoms with Gasteiger partial charge in [0.05, 0.1) is 11.2 Å². The van der Waals surface area contributed by atoms with Crippen molar-refractivity contribution in [3.8, 4) is 11.1 Å². The normalized spacial score (nSPS) is 12.6. The van der Waals surface area contributed by atoms with Gasteiger partial charge in [-0.15, -0.1) is 5.10 Å². The van der Waals surface area contributed by atoms with E-state index in [1.165, 1.54) is 6.92 Å². The topological polar surface area (TPSA) is 47.3 Å². The summed E-state index contributed by atoms with van der Waals surface area (Å²) in [6, 6.07) is 10.1. The summed E-state index contributed by atoms with van der Waals surface area (Å²) in [5, 5.41) is 4.35. The number of allylic oxidation sites excluding steroid dienone is 2. The summed E-state index contributed by atoms with van der Waals surface area (Å²) in [5.74, 6) is 0.0930. The zero-order valence-corrected chi connectivity index (χ0v) is 12.0. The quantitative estimate of drug-likeness (QED) is 0.676. The molecule has 22 heavy (non-hydrogen) atoms. The molecule has 4 heteroatoms. The van der Waals surface area contributed by atoms with Gasteiger partial charge in [0.25, 0.3) is 0 Å². The molecule has 2 heterocycles. The second-order valence-corrected chi connectivity index (χ2v) is 5.21. The Hall–Kier alpha value is -3.01. The molecule has 0 unspecified atom stereocenters. The average molecular weight is 287 g/mol. The molecule has 0 radical (unpaired) electrons. The summed E-state index contributed by atoms with van der Waals surface area (Å²) in [6.45, 7) is 1.48. The molecule has 4 rings (SSSR count). The van der Waals surface area contributed by atoms with E-state index in [2.05, 4.69) is 28.3 Å². The molecule has 0 spiro atoms. The van der Waals surface area contributed by atoms with Crippen LogP contribution in [0.15, 0.2) is 48.7 Å². The number of aromatic nitrogens is 3. The fraction of sp³-hybridized carbons (Fsp3) is 0.0556. The largest absolute Gasteiger partial charge is 0.291 e. The molecule has 4 nitrogen and oxygen atoms in total. The van der Waals surface area contributed by atoms with Crippen molar-refractivity contribution in [3.05, 3.63) is 65.8 Å². The molecule has 0 saturated heterocycles. The van der Waals surface area contributed by atoms with Gasteiger partial charge < -0.3 is 0 Å². The molecule has 0 atom stereocenters. The van der Waals surface area contributed by atoms with Gasteiger partial charge in [-0.3, -0.25) is 4.79 Å². The Balaban J connectivity index is 2.09. The summed E-state index contributed by atoms with van der Waals surface area (Å²) < 4.78 is 1.76. The smallest absolute Gasteiger partial charge is 0.216 e. The molecule has 0 N–H and O–H groups in total. The lowest BCUT2D eigenvalue weighted by Crippen LogP contribution is -2.07. The maximum atomic E-state index is 11.6. The van der Waals surface area contributed by atoms with Crippen LogP contribution in [0.4, 0.5) is 0 Å². The van der Waals surface area contributed by atoms with E-state index in [1.54, 1.807) is 4.52 Å². The fourth-order valence-electron chi connectivity index (χ4n) is 2.71. The maximum absolute atomic E-state index is 11.6. The van der Waals surface area contributed by atoms with Gasteiger partial charge in [-0.2, -0.15) is 0 Å². The number of ketones is 1. The number of benzene rings is 1. The molecule has 2 aromatic heterocycles. The molecule has 0 aliphatic heterocycles. The lowest BCUT2D eigenvalue weighted by atomic mass is 10.0. The van der Waals surface area contributed by atoms with Gasteiger partial charge in [-0.25, -0.2) is 9.50 Å². The van der Waals surface area contributed by atoms with Crippen molar-refractivity contribution < 1.29 is 4.79 Å². The van der Waals surface area contributed by atoms with Crippen LogP contribution in [0.3, 0.4) is 0 Å². The lowest BCUT2D eigenvalue weighted by molar-refractivity contribution is 0.100.